The summed E-state index contributed by atoms with van der Waals surface area (Å²) in [7, 11) is 0. The van der Waals surface area contributed by atoms with Crippen LogP contribution >= 0.6 is 23.2 Å². The number of hydrogen-bond acceptors (Lipinski definition) is 4. The maximum Gasteiger partial charge on any atom is 0.254 e. The van der Waals surface area contributed by atoms with Gasteiger partial charge in [-0.15, -0.1) is 0 Å². The predicted molar refractivity (Wildman–Crippen MR) is 139 cm³/mol. The van der Waals surface area contributed by atoms with Crippen LogP contribution in [0.1, 0.15) is 28.8 Å². The number of anilines is 1. The monoisotopic (exact) mass is 503 g/mol. The van der Waals surface area contributed by atoms with Crippen molar-refractivity contribution in [3.8, 4) is 0 Å². The molecule has 1 amide bonds. The molecule has 2 heterocycles. The van der Waals surface area contributed by atoms with E-state index in [4.69, 9.17) is 23.2 Å². The van der Waals surface area contributed by atoms with Crippen molar-refractivity contribution in [1.82, 2.24) is 10.2 Å². The van der Waals surface area contributed by atoms with E-state index in [-0.39, 0.29) is 11.7 Å². The summed E-state index contributed by atoms with van der Waals surface area (Å²) in [5.74, 6) is -0.260. The molecule has 7 heteroatoms. The van der Waals surface area contributed by atoms with Gasteiger partial charge in [0.05, 0.1) is 5.57 Å². The number of carbonyl (C=O) groups excluding carboxylic acids is 2. The zero-order chi connectivity index (χ0) is 24.5. The van der Waals surface area contributed by atoms with Gasteiger partial charge in [-0.05, 0) is 61.0 Å². The second-order valence-electron chi connectivity index (χ2n) is 8.48. The molecule has 1 atom stereocenters. The van der Waals surface area contributed by atoms with E-state index in [1.807, 2.05) is 54.3 Å². The van der Waals surface area contributed by atoms with Crippen LogP contribution in [0.2, 0.25) is 10.0 Å². The molecule has 5 rings (SSSR count). The average molecular weight is 504 g/mol. The fraction of sp³-hybridized carbons (Fsp3) is 0.143. The van der Waals surface area contributed by atoms with Crippen LogP contribution in [0, 0.1) is 0 Å². The van der Waals surface area contributed by atoms with Gasteiger partial charge in [-0.3, -0.25) is 9.59 Å². The lowest BCUT2D eigenvalue weighted by molar-refractivity contribution is -0.113. The number of hydrogen-bond donors (Lipinski definition) is 2. The first-order chi connectivity index (χ1) is 16.9. The highest BCUT2D eigenvalue weighted by molar-refractivity contribution is 6.31. The Bertz CT molecular complexity index is 1350. The average Bonchev–Trinajstić information content (AvgIpc) is 3.35. The second-order valence-corrected chi connectivity index (χ2v) is 9.35. The molecule has 0 aromatic heterocycles. The van der Waals surface area contributed by atoms with E-state index in [1.54, 1.807) is 36.4 Å². The molecule has 3 aromatic rings. The summed E-state index contributed by atoms with van der Waals surface area (Å²) >= 11 is 12.3. The molecule has 0 aliphatic carbocycles. The van der Waals surface area contributed by atoms with Crippen molar-refractivity contribution >= 4 is 40.6 Å². The van der Waals surface area contributed by atoms with Crippen LogP contribution in [0.4, 0.5) is 5.69 Å². The quantitative estimate of drug-likeness (QED) is 0.419. The molecule has 35 heavy (non-hydrogen) atoms. The number of carbonyl (C=O) groups is 2. The van der Waals surface area contributed by atoms with E-state index in [0.717, 1.165) is 17.1 Å². The molecule has 2 aliphatic rings. The van der Waals surface area contributed by atoms with Crippen molar-refractivity contribution < 1.29 is 9.59 Å². The molecule has 2 aliphatic heterocycles. The number of ketones is 1. The molecule has 1 unspecified atom stereocenters. The molecule has 5 nitrogen and oxygen atoms in total. The van der Waals surface area contributed by atoms with Crippen molar-refractivity contribution in [3.63, 3.8) is 0 Å². The standard InChI is InChI=1S/C28H23Cl2N3O2/c1-17-23(28(35)32-22-5-3-2-4-6-22)24(18-7-11-20(29)12-8-18)25(27-31-15-16-33(17)27)26(34)19-9-13-21(30)14-10-19/h2-14,24,31H,15-16H2,1H3,(H,32,35). The Morgan fingerprint density at radius 1 is 0.886 bits per heavy atom. The lowest BCUT2D eigenvalue weighted by Gasteiger charge is -2.35. The third-order valence-corrected chi connectivity index (χ3v) is 6.86. The van der Waals surface area contributed by atoms with Gasteiger partial charge in [0.1, 0.15) is 5.82 Å². The third kappa shape index (κ3) is 4.45. The molecule has 1 fully saturated rings. The molecule has 1 saturated heterocycles. The molecule has 3 aromatic carbocycles. The minimum atomic E-state index is -0.587. The maximum absolute atomic E-state index is 14.0. The normalized spacial score (nSPS) is 17.2. The number of para-hydroxylation sites is 1. The van der Waals surface area contributed by atoms with Crippen LogP contribution in [0.15, 0.2) is 102 Å². The van der Waals surface area contributed by atoms with Gasteiger partial charge in [0.15, 0.2) is 5.78 Å². The SMILES string of the molecule is CC1=C(C(=O)Nc2ccccc2)C(c2ccc(Cl)cc2)C(C(=O)c2ccc(Cl)cc2)=C2NCCN12. The summed E-state index contributed by atoms with van der Waals surface area (Å²) in [6.45, 7) is 3.26. The fourth-order valence-corrected chi connectivity index (χ4v) is 4.96. The summed E-state index contributed by atoms with van der Waals surface area (Å²) in [6, 6.07) is 23.4. The van der Waals surface area contributed by atoms with Crippen molar-refractivity contribution in [1.29, 1.82) is 0 Å². The number of Topliss-reactive ketones (excluding diaryl/α,β-unsaturated/α-hetero) is 1. The van der Waals surface area contributed by atoms with Crippen LogP contribution < -0.4 is 10.6 Å². The summed E-state index contributed by atoms with van der Waals surface area (Å²) in [4.78, 5) is 29.8. The van der Waals surface area contributed by atoms with Gasteiger partial charge in [-0.25, -0.2) is 0 Å². The zero-order valence-electron chi connectivity index (χ0n) is 19.0. The van der Waals surface area contributed by atoms with Crippen LogP contribution in [0.3, 0.4) is 0 Å². The number of rotatable bonds is 5. The lowest BCUT2D eigenvalue weighted by atomic mass is 9.77. The highest BCUT2D eigenvalue weighted by atomic mass is 35.5. The number of nitrogens with one attached hydrogen (secondary N) is 2. The lowest BCUT2D eigenvalue weighted by Crippen LogP contribution is -2.36. The Labute approximate surface area is 214 Å². The number of amides is 1. The number of allylic oxidation sites excluding steroid dienone is 2. The van der Waals surface area contributed by atoms with Gasteiger partial charge in [0.2, 0.25) is 0 Å². The van der Waals surface area contributed by atoms with Gasteiger partial charge in [0, 0.05) is 51.6 Å². The predicted octanol–water partition coefficient (Wildman–Crippen LogP) is 6.00. The van der Waals surface area contributed by atoms with E-state index < -0.39 is 5.92 Å². The molecular formula is C28H23Cl2N3O2. The highest BCUT2D eigenvalue weighted by Crippen LogP contribution is 2.44. The fourth-order valence-electron chi connectivity index (χ4n) is 4.70. The number of halogens is 2. The Balaban J connectivity index is 1.67. The smallest absolute Gasteiger partial charge is 0.254 e. The van der Waals surface area contributed by atoms with Crippen molar-refractivity contribution in [2.24, 2.45) is 0 Å². The van der Waals surface area contributed by atoms with Gasteiger partial charge in [-0.2, -0.15) is 0 Å². The van der Waals surface area contributed by atoms with E-state index in [2.05, 4.69) is 10.6 Å². The van der Waals surface area contributed by atoms with E-state index >= 15 is 0 Å². The van der Waals surface area contributed by atoms with Gasteiger partial charge in [0.25, 0.3) is 5.91 Å². The summed E-state index contributed by atoms with van der Waals surface area (Å²) < 4.78 is 0. The molecule has 0 spiro atoms. The largest absolute Gasteiger partial charge is 0.369 e. The van der Waals surface area contributed by atoms with E-state index in [0.29, 0.717) is 45.5 Å². The van der Waals surface area contributed by atoms with Gasteiger partial charge < -0.3 is 15.5 Å². The van der Waals surface area contributed by atoms with Crippen LogP contribution in [-0.4, -0.2) is 29.7 Å². The minimum Gasteiger partial charge on any atom is -0.369 e. The second kappa shape index (κ2) is 9.61. The van der Waals surface area contributed by atoms with Crippen molar-refractivity contribution in [2.45, 2.75) is 12.8 Å². The summed E-state index contributed by atoms with van der Waals surface area (Å²) in [5.41, 5.74) is 3.87. The number of benzene rings is 3. The first-order valence-electron chi connectivity index (χ1n) is 11.3. The van der Waals surface area contributed by atoms with Crippen LogP contribution in [-0.2, 0) is 4.79 Å². The number of fused-ring (bicyclic) bond motifs is 1. The Kier molecular flexibility index (Phi) is 6.37. The molecular weight excluding hydrogens is 481 g/mol. The first-order valence-corrected chi connectivity index (χ1v) is 12.1. The minimum absolute atomic E-state index is 0.159. The Morgan fingerprint density at radius 2 is 1.51 bits per heavy atom. The van der Waals surface area contributed by atoms with Crippen molar-refractivity contribution in [2.75, 3.05) is 18.4 Å². The maximum atomic E-state index is 14.0. The zero-order valence-corrected chi connectivity index (χ0v) is 20.5. The van der Waals surface area contributed by atoms with E-state index in [9.17, 15) is 9.59 Å². The molecule has 176 valence electrons. The highest BCUT2D eigenvalue weighted by Gasteiger charge is 2.42. The third-order valence-electron chi connectivity index (χ3n) is 6.36. The summed E-state index contributed by atoms with van der Waals surface area (Å²) in [6.07, 6.45) is 0. The first kappa shape index (κ1) is 23.2. The van der Waals surface area contributed by atoms with Crippen LogP contribution in [0.25, 0.3) is 0 Å². The Morgan fingerprint density at radius 3 is 2.17 bits per heavy atom. The topological polar surface area (TPSA) is 61.4 Å². The van der Waals surface area contributed by atoms with Crippen molar-refractivity contribution in [3.05, 3.63) is 123 Å². The molecule has 2 N–H and O–H groups in total. The number of nitrogens with zero attached hydrogens (tertiary/aromatic N) is 1. The summed E-state index contributed by atoms with van der Waals surface area (Å²) in [5, 5.41) is 7.54. The van der Waals surface area contributed by atoms with Gasteiger partial charge in [-0.1, -0.05) is 53.5 Å². The Hall–Kier alpha value is -3.54. The van der Waals surface area contributed by atoms with Gasteiger partial charge >= 0.3 is 0 Å². The molecule has 0 radical (unpaired) electrons. The molecule has 0 bridgehead atoms. The van der Waals surface area contributed by atoms with E-state index in [1.165, 1.54) is 0 Å². The van der Waals surface area contributed by atoms with Crippen LogP contribution in [0.5, 0.6) is 0 Å². The molecule has 0 saturated carbocycles.